The van der Waals surface area contributed by atoms with Crippen LogP contribution in [0.2, 0.25) is 0 Å². The van der Waals surface area contributed by atoms with Gasteiger partial charge in [-0.15, -0.1) is 0 Å². The summed E-state index contributed by atoms with van der Waals surface area (Å²) in [4.78, 5) is 14.4. The third-order valence-electron chi connectivity index (χ3n) is 1.98. The van der Waals surface area contributed by atoms with Crippen LogP contribution in [0.3, 0.4) is 0 Å². The van der Waals surface area contributed by atoms with Crippen LogP contribution in [0.4, 0.5) is 5.69 Å². The molecule has 0 aliphatic rings. The zero-order chi connectivity index (χ0) is 10.6. The Morgan fingerprint density at radius 3 is 2.57 bits per heavy atom. The molecule has 0 amide bonds. The van der Waals surface area contributed by atoms with Gasteiger partial charge in [0.1, 0.15) is 0 Å². The van der Waals surface area contributed by atoms with Gasteiger partial charge in [-0.05, 0) is 25.0 Å². The Balaban J connectivity index is 3.15. The van der Waals surface area contributed by atoms with E-state index in [1.165, 1.54) is 6.92 Å². The molecule has 0 aromatic heterocycles. The van der Waals surface area contributed by atoms with Gasteiger partial charge in [0.05, 0.1) is 6.57 Å². The summed E-state index contributed by atoms with van der Waals surface area (Å²) < 4.78 is 0. The monoisotopic (exact) mass is 185 g/mol. The Morgan fingerprint density at radius 1 is 1.36 bits per heavy atom. The number of para-hydroxylation sites is 1. The zero-order valence-corrected chi connectivity index (χ0v) is 8.24. The van der Waals surface area contributed by atoms with Crippen molar-refractivity contribution >= 4 is 17.5 Å². The van der Waals surface area contributed by atoms with Crippen molar-refractivity contribution in [1.29, 1.82) is 0 Å². The van der Waals surface area contributed by atoms with Crippen molar-refractivity contribution in [2.75, 3.05) is 0 Å². The summed E-state index contributed by atoms with van der Waals surface area (Å²) in [5.74, 6) is 0.0322. The number of rotatable bonds is 2. The van der Waals surface area contributed by atoms with Crippen LogP contribution < -0.4 is 0 Å². The first-order valence-electron chi connectivity index (χ1n) is 4.31. The third-order valence-corrected chi connectivity index (χ3v) is 1.98. The van der Waals surface area contributed by atoms with E-state index in [0.717, 1.165) is 5.56 Å². The molecule has 0 radical (unpaired) electrons. The van der Waals surface area contributed by atoms with Crippen molar-refractivity contribution in [3.63, 3.8) is 0 Å². The maximum atomic E-state index is 11.0. The van der Waals surface area contributed by atoms with E-state index in [4.69, 9.17) is 6.57 Å². The van der Waals surface area contributed by atoms with E-state index in [9.17, 15) is 4.79 Å². The van der Waals surface area contributed by atoms with Gasteiger partial charge in [0.25, 0.3) is 0 Å². The van der Waals surface area contributed by atoms with Crippen LogP contribution in [0, 0.1) is 6.57 Å². The molecule has 14 heavy (non-hydrogen) atoms. The molecule has 0 heterocycles. The number of nitrogens with zero attached hydrogens (tertiary/aromatic N) is 1. The Hall–Kier alpha value is -1.88. The molecule has 1 aromatic carbocycles. The highest BCUT2D eigenvalue weighted by atomic mass is 16.1. The highest BCUT2D eigenvalue weighted by Gasteiger charge is 2.00. The van der Waals surface area contributed by atoms with Gasteiger partial charge in [0.15, 0.2) is 11.5 Å². The lowest BCUT2D eigenvalue weighted by atomic mass is 10.1. The first kappa shape index (κ1) is 10.2. The number of benzene rings is 1. The maximum absolute atomic E-state index is 11.0. The quantitative estimate of drug-likeness (QED) is 0.512. The molecule has 0 aliphatic carbocycles. The van der Waals surface area contributed by atoms with Crippen molar-refractivity contribution in [1.82, 2.24) is 0 Å². The summed E-state index contributed by atoms with van der Waals surface area (Å²) in [5.41, 5.74) is 2.05. The van der Waals surface area contributed by atoms with Gasteiger partial charge in [-0.1, -0.05) is 30.3 Å². The van der Waals surface area contributed by atoms with Gasteiger partial charge < -0.3 is 0 Å². The summed E-state index contributed by atoms with van der Waals surface area (Å²) in [6.45, 7) is 10.2. The third kappa shape index (κ3) is 2.30. The maximum Gasteiger partial charge on any atom is 0.194 e. The van der Waals surface area contributed by atoms with E-state index >= 15 is 0 Å². The predicted molar refractivity (Wildman–Crippen MR) is 57.0 cm³/mol. The minimum absolute atomic E-state index is 0.0322. The molecular formula is C12H11NO. The molecule has 0 saturated heterocycles. The lowest BCUT2D eigenvalue weighted by molar-refractivity contribution is -0.113. The second kappa shape index (κ2) is 4.38. The number of carbonyl (C=O) groups excluding carboxylic acids is 1. The predicted octanol–water partition coefficient (Wildman–Crippen LogP) is 3.23. The number of ketones is 1. The average molecular weight is 185 g/mol. The fraction of sp³-hybridized carbons (Fsp3) is 0.167. The van der Waals surface area contributed by atoms with E-state index in [0.29, 0.717) is 11.3 Å². The number of hydrogen-bond donors (Lipinski definition) is 0. The van der Waals surface area contributed by atoms with E-state index in [1.54, 1.807) is 19.1 Å². The van der Waals surface area contributed by atoms with Crippen molar-refractivity contribution in [2.24, 2.45) is 0 Å². The topological polar surface area (TPSA) is 21.4 Å². The lowest BCUT2D eigenvalue weighted by Crippen LogP contribution is -1.90. The summed E-state index contributed by atoms with van der Waals surface area (Å²) in [6, 6.07) is 7.24. The molecule has 0 fully saturated rings. The van der Waals surface area contributed by atoms with Crippen molar-refractivity contribution in [3.05, 3.63) is 46.8 Å². The molecule has 0 spiro atoms. The summed E-state index contributed by atoms with van der Waals surface area (Å²) in [5, 5.41) is 0. The van der Waals surface area contributed by atoms with Crippen LogP contribution in [0.5, 0.6) is 0 Å². The highest BCUT2D eigenvalue weighted by molar-refractivity contribution is 5.97. The molecule has 0 saturated carbocycles. The van der Waals surface area contributed by atoms with Crippen LogP contribution in [-0.2, 0) is 4.79 Å². The van der Waals surface area contributed by atoms with Crippen LogP contribution >= 0.6 is 0 Å². The SMILES string of the molecule is [C-]#[N+]c1ccccc1/C=C(\C)C(C)=O. The molecule has 1 rings (SSSR count). The van der Waals surface area contributed by atoms with Crippen LogP contribution in [-0.4, -0.2) is 5.78 Å². The number of carbonyl (C=O) groups is 1. The first-order valence-corrected chi connectivity index (χ1v) is 4.31. The van der Waals surface area contributed by atoms with E-state index < -0.39 is 0 Å². The number of allylic oxidation sites excluding steroid dienone is 1. The molecule has 70 valence electrons. The van der Waals surface area contributed by atoms with E-state index in [2.05, 4.69) is 4.85 Å². The molecule has 2 heteroatoms. The summed E-state index contributed by atoms with van der Waals surface area (Å²) >= 11 is 0. The number of hydrogen-bond acceptors (Lipinski definition) is 1. The average Bonchev–Trinajstić information content (AvgIpc) is 2.18. The van der Waals surface area contributed by atoms with E-state index in [-0.39, 0.29) is 5.78 Å². The second-order valence-electron chi connectivity index (χ2n) is 3.05. The van der Waals surface area contributed by atoms with Gasteiger partial charge in [-0.3, -0.25) is 4.79 Å². The van der Waals surface area contributed by atoms with Crippen LogP contribution in [0.15, 0.2) is 29.8 Å². The van der Waals surface area contributed by atoms with Gasteiger partial charge in [0, 0.05) is 0 Å². The van der Waals surface area contributed by atoms with Crippen molar-refractivity contribution < 1.29 is 4.79 Å². The fourth-order valence-electron chi connectivity index (χ4n) is 1.05. The van der Waals surface area contributed by atoms with E-state index in [1.807, 2.05) is 18.2 Å². The van der Waals surface area contributed by atoms with Crippen molar-refractivity contribution in [3.8, 4) is 0 Å². The lowest BCUT2D eigenvalue weighted by Gasteiger charge is -1.98. The van der Waals surface area contributed by atoms with Gasteiger partial charge in [0.2, 0.25) is 0 Å². The smallest absolute Gasteiger partial charge is 0.194 e. The standard InChI is InChI=1S/C12H11NO/c1-9(10(2)14)8-11-6-4-5-7-12(11)13-3/h4-8H,1-2H3/b9-8+. The summed E-state index contributed by atoms with van der Waals surface area (Å²) in [6.07, 6.45) is 1.75. The minimum atomic E-state index is 0.0322. The Bertz CT molecular complexity index is 424. The second-order valence-corrected chi connectivity index (χ2v) is 3.05. The normalized spacial score (nSPS) is 10.8. The Labute approximate surface area is 83.7 Å². The Kier molecular flexibility index (Phi) is 3.19. The Morgan fingerprint density at radius 2 is 2.00 bits per heavy atom. The molecule has 0 bridgehead atoms. The van der Waals surface area contributed by atoms with Gasteiger partial charge in [-0.25, -0.2) is 4.85 Å². The minimum Gasteiger partial charge on any atom is -0.295 e. The first-order chi connectivity index (χ1) is 6.65. The molecule has 0 unspecified atom stereocenters. The van der Waals surface area contributed by atoms with Crippen molar-refractivity contribution in [2.45, 2.75) is 13.8 Å². The van der Waals surface area contributed by atoms with Gasteiger partial charge >= 0.3 is 0 Å². The fourth-order valence-corrected chi connectivity index (χ4v) is 1.05. The zero-order valence-electron chi connectivity index (χ0n) is 8.24. The van der Waals surface area contributed by atoms with Gasteiger partial charge in [-0.2, -0.15) is 0 Å². The highest BCUT2D eigenvalue weighted by Crippen LogP contribution is 2.21. The molecule has 0 aliphatic heterocycles. The molecule has 0 N–H and O–H groups in total. The summed E-state index contributed by atoms with van der Waals surface area (Å²) in [7, 11) is 0. The largest absolute Gasteiger partial charge is 0.295 e. The van der Waals surface area contributed by atoms with Crippen LogP contribution in [0.1, 0.15) is 19.4 Å². The number of Topliss-reactive ketones (excluding diaryl/α,β-unsaturated/α-hetero) is 1. The molecule has 1 aromatic rings. The van der Waals surface area contributed by atoms with Crippen LogP contribution in [0.25, 0.3) is 10.9 Å². The molecule has 2 nitrogen and oxygen atoms in total. The molecular weight excluding hydrogens is 174 g/mol. The molecule has 0 atom stereocenters.